The number of rotatable bonds is 7. The monoisotopic (exact) mass is 377 g/mol. The van der Waals surface area contributed by atoms with Crippen molar-refractivity contribution in [1.29, 1.82) is 0 Å². The molecule has 1 amide bonds. The summed E-state index contributed by atoms with van der Waals surface area (Å²) in [5, 5.41) is 13.6. The summed E-state index contributed by atoms with van der Waals surface area (Å²) in [6.07, 6.45) is 0. The number of para-hydroxylation sites is 1. The Morgan fingerprint density at radius 3 is 2.58 bits per heavy atom. The highest BCUT2D eigenvalue weighted by Crippen LogP contribution is 2.28. The van der Waals surface area contributed by atoms with Gasteiger partial charge in [-0.2, -0.15) is 0 Å². The summed E-state index contributed by atoms with van der Waals surface area (Å²) >= 11 is 6.02. The number of nitro groups is 1. The second-order valence-electron chi connectivity index (χ2n) is 5.85. The van der Waals surface area contributed by atoms with Crippen LogP contribution in [0.2, 0.25) is 5.02 Å². The molecule has 0 saturated heterocycles. The standard InChI is InChI=1S/C18H20ClN3O4/c1-21(2)16(14-6-4-5-7-17(14)26-3)11-20-18(23)13-9-8-12(22(24)25)10-15(13)19/h4-10,16H,11H2,1-3H3,(H,20,23). The third kappa shape index (κ3) is 4.50. The zero-order valence-electron chi connectivity index (χ0n) is 14.7. The van der Waals surface area contributed by atoms with E-state index in [0.717, 1.165) is 11.3 Å². The Morgan fingerprint density at radius 2 is 2.00 bits per heavy atom. The van der Waals surface area contributed by atoms with Crippen LogP contribution in [-0.4, -0.2) is 43.5 Å². The highest BCUT2D eigenvalue weighted by atomic mass is 35.5. The summed E-state index contributed by atoms with van der Waals surface area (Å²) in [5.74, 6) is 0.334. The van der Waals surface area contributed by atoms with Crippen LogP contribution in [0.4, 0.5) is 5.69 Å². The molecular formula is C18H20ClN3O4. The van der Waals surface area contributed by atoms with E-state index in [4.69, 9.17) is 16.3 Å². The first-order valence-electron chi connectivity index (χ1n) is 7.86. The van der Waals surface area contributed by atoms with Crippen LogP contribution in [-0.2, 0) is 0 Å². The maximum atomic E-state index is 12.4. The van der Waals surface area contributed by atoms with Crippen LogP contribution < -0.4 is 10.1 Å². The van der Waals surface area contributed by atoms with E-state index in [0.29, 0.717) is 6.54 Å². The van der Waals surface area contributed by atoms with Crippen LogP contribution in [0.25, 0.3) is 0 Å². The molecule has 0 radical (unpaired) electrons. The third-order valence-corrected chi connectivity index (χ3v) is 4.30. The summed E-state index contributed by atoms with van der Waals surface area (Å²) in [5.41, 5.74) is 0.969. The Labute approximate surface area is 156 Å². The second-order valence-corrected chi connectivity index (χ2v) is 6.26. The molecule has 0 saturated carbocycles. The van der Waals surface area contributed by atoms with Crippen LogP contribution in [0.15, 0.2) is 42.5 Å². The first-order valence-corrected chi connectivity index (χ1v) is 8.24. The Hall–Kier alpha value is -2.64. The average Bonchev–Trinajstić information content (AvgIpc) is 2.61. The van der Waals surface area contributed by atoms with Gasteiger partial charge in [0.1, 0.15) is 5.75 Å². The lowest BCUT2D eigenvalue weighted by molar-refractivity contribution is -0.384. The van der Waals surface area contributed by atoms with Crippen LogP contribution in [0.5, 0.6) is 5.75 Å². The fraction of sp³-hybridized carbons (Fsp3) is 0.278. The molecule has 2 aromatic carbocycles. The SMILES string of the molecule is COc1ccccc1C(CNC(=O)c1ccc([N+](=O)[O-])cc1Cl)N(C)C. The quantitative estimate of drug-likeness (QED) is 0.591. The smallest absolute Gasteiger partial charge is 0.270 e. The van der Waals surface area contributed by atoms with Crippen molar-refractivity contribution in [2.45, 2.75) is 6.04 Å². The molecule has 7 nitrogen and oxygen atoms in total. The molecule has 0 aliphatic heterocycles. The number of amides is 1. The lowest BCUT2D eigenvalue weighted by atomic mass is 10.0. The molecule has 0 fully saturated rings. The van der Waals surface area contributed by atoms with Gasteiger partial charge in [-0.25, -0.2) is 0 Å². The normalized spacial score (nSPS) is 11.9. The molecule has 0 aliphatic carbocycles. The van der Waals surface area contributed by atoms with Gasteiger partial charge < -0.3 is 15.0 Å². The van der Waals surface area contributed by atoms with Crippen molar-refractivity contribution >= 4 is 23.2 Å². The highest BCUT2D eigenvalue weighted by molar-refractivity contribution is 6.34. The molecule has 26 heavy (non-hydrogen) atoms. The van der Waals surface area contributed by atoms with Gasteiger partial charge in [0, 0.05) is 24.2 Å². The van der Waals surface area contributed by atoms with E-state index in [-0.39, 0.29) is 22.3 Å². The molecule has 1 atom stereocenters. The van der Waals surface area contributed by atoms with Gasteiger partial charge in [-0.15, -0.1) is 0 Å². The zero-order valence-corrected chi connectivity index (χ0v) is 15.5. The Bertz CT molecular complexity index is 811. The lowest BCUT2D eigenvalue weighted by Gasteiger charge is -2.26. The molecule has 138 valence electrons. The van der Waals surface area contributed by atoms with E-state index in [2.05, 4.69) is 5.32 Å². The second kappa shape index (κ2) is 8.64. The summed E-state index contributed by atoms with van der Waals surface area (Å²) in [6, 6.07) is 11.2. The number of nitro benzene ring substituents is 1. The first-order chi connectivity index (χ1) is 12.3. The van der Waals surface area contributed by atoms with Gasteiger partial charge in [-0.05, 0) is 26.2 Å². The van der Waals surface area contributed by atoms with Gasteiger partial charge in [-0.1, -0.05) is 29.8 Å². The molecule has 8 heteroatoms. The minimum atomic E-state index is -0.558. The topological polar surface area (TPSA) is 84.7 Å². The number of nitrogens with zero attached hydrogens (tertiary/aromatic N) is 2. The average molecular weight is 378 g/mol. The van der Waals surface area contributed by atoms with Crippen LogP contribution in [0, 0.1) is 10.1 Å². The highest BCUT2D eigenvalue weighted by Gasteiger charge is 2.21. The summed E-state index contributed by atoms with van der Waals surface area (Å²) < 4.78 is 5.40. The summed E-state index contributed by atoms with van der Waals surface area (Å²) in [4.78, 5) is 24.6. The third-order valence-electron chi connectivity index (χ3n) is 3.99. The van der Waals surface area contributed by atoms with E-state index >= 15 is 0 Å². The predicted molar refractivity (Wildman–Crippen MR) is 99.9 cm³/mol. The first kappa shape index (κ1) is 19.7. The fourth-order valence-corrected chi connectivity index (χ4v) is 2.86. The van der Waals surface area contributed by atoms with Gasteiger partial charge >= 0.3 is 0 Å². The van der Waals surface area contributed by atoms with Gasteiger partial charge in [0.25, 0.3) is 11.6 Å². The van der Waals surface area contributed by atoms with Crippen molar-refractivity contribution < 1.29 is 14.5 Å². The van der Waals surface area contributed by atoms with E-state index < -0.39 is 10.8 Å². The number of non-ortho nitro benzene ring substituents is 1. The van der Waals surface area contributed by atoms with Gasteiger partial charge in [0.15, 0.2) is 0 Å². The number of hydrogen-bond donors (Lipinski definition) is 1. The van der Waals surface area contributed by atoms with Crippen molar-refractivity contribution in [2.75, 3.05) is 27.7 Å². The number of carbonyl (C=O) groups excluding carboxylic acids is 1. The molecule has 1 unspecified atom stereocenters. The minimum Gasteiger partial charge on any atom is -0.496 e. The fourth-order valence-electron chi connectivity index (χ4n) is 2.60. The maximum absolute atomic E-state index is 12.4. The molecule has 0 aromatic heterocycles. The molecule has 0 heterocycles. The van der Waals surface area contributed by atoms with Crippen molar-refractivity contribution in [2.24, 2.45) is 0 Å². The number of likely N-dealkylation sites (N-methyl/N-ethyl adjacent to an activating group) is 1. The zero-order chi connectivity index (χ0) is 19.3. The number of halogens is 1. The largest absolute Gasteiger partial charge is 0.496 e. The van der Waals surface area contributed by atoms with E-state index in [9.17, 15) is 14.9 Å². The van der Waals surface area contributed by atoms with E-state index in [1.54, 1.807) is 7.11 Å². The molecule has 1 N–H and O–H groups in total. The molecule has 0 spiro atoms. The van der Waals surface area contributed by atoms with Crippen LogP contribution >= 0.6 is 11.6 Å². The van der Waals surface area contributed by atoms with Crippen molar-refractivity contribution in [3.8, 4) is 5.75 Å². The van der Waals surface area contributed by atoms with Gasteiger partial charge in [-0.3, -0.25) is 14.9 Å². The van der Waals surface area contributed by atoms with Gasteiger partial charge in [0.2, 0.25) is 0 Å². The summed E-state index contributed by atoms with van der Waals surface area (Å²) in [6.45, 7) is 0.319. The number of benzene rings is 2. The Balaban J connectivity index is 2.17. The Morgan fingerprint density at radius 1 is 1.31 bits per heavy atom. The molecule has 0 aliphatic rings. The van der Waals surface area contributed by atoms with Crippen molar-refractivity contribution in [1.82, 2.24) is 10.2 Å². The number of methoxy groups -OCH3 is 1. The number of nitrogens with one attached hydrogen (secondary N) is 1. The lowest BCUT2D eigenvalue weighted by Crippen LogP contribution is -2.34. The van der Waals surface area contributed by atoms with E-state index in [1.165, 1.54) is 18.2 Å². The predicted octanol–water partition coefficient (Wildman–Crippen LogP) is 3.29. The van der Waals surface area contributed by atoms with Crippen molar-refractivity contribution in [3.05, 3.63) is 68.7 Å². The minimum absolute atomic E-state index is 0.0374. The van der Waals surface area contributed by atoms with E-state index in [1.807, 2.05) is 43.3 Å². The Kier molecular flexibility index (Phi) is 6.54. The molecule has 0 bridgehead atoms. The molecule has 2 rings (SSSR count). The maximum Gasteiger partial charge on any atom is 0.270 e. The van der Waals surface area contributed by atoms with Gasteiger partial charge in [0.05, 0.1) is 28.7 Å². The van der Waals surface area contributed by atoms with Crippen LogP contribution in [0.3, 0.4) is 0 Å². The molecular weight excluding hydrogens is 358 g/mol. The number of hydrogen-bond acceptors (Lipinski definition) is 5. The number of carbonyl (C=O) groups is 1. The summed E-state index contributed by atoms with van der Waals surface area (Å²) in [7, 11) is 5.41. The number of ether oxygens (including phenoxy) is 1. The van der Waals surface area contributed by atoms with Crippen LogP contribution in [0.1, 0.15) is 22.0 Å². The molecule has 2 aromatic rings. The van der Waals surface area contributed by atoms with Crippen molar-refractivity contribution in [3.63, 3.8) is 0 Å².